The first-order valence-corrected chi connectivity index (χ1v) is 13.6. The highest BCUT2D eigenvalue weighted by atomic mass is 32.2. The molecular formula is C24H41NO6S. The number of carboxylic acids is 1. The Morgan fingerprint density at radius 2 is 1.50 bits per heavy atom. The summed E-state index contributed by atoms with van der Waals surface area (Å²) in [5, 5.41) is 9.46. The average Bonchev–Trinajstić information content (AvgIpc) is 2.75. The summed E-state index contributed by atoms with van der Waals surface area (Å²) in [6.45, 7) is 4.62. The van der Waals surface area contributed by atoms with Crippen LogP contribution in [0.1, 0.15) is 84.5 Å². The van der Waals surface area contributed by atoms with Gasteiger partial charge in [-0.05, 0) is 44.0 Å². The quantitative estimate of drug-likeness (QED) is 0.240. The van der Waals surface area contributed by atoms with Gasteiger partial charge in [-0.3, -0.25) is 4.72 Å². The summed E-state index contributed by atoms with van der Waals surface area (Å²) >= 11 is 0. The number of hydrogen-bond acceptors (Lipinski definition) is 5. The van der Waals surface area contributed by atoms with Crippen LogP contribution in [-0.2, 0) is 19.6 Å². The minimum atomic E-state index is -3.49. The molecule has 1 aromatic rings. The standard InChI is InChI=1S/C24H41NO6S/c1-3-5-6-7-8-9-10-11-12-13-14-23(24(26)27)31-22-17-15-21(16-18-22)25-32(28,29)20-19-30-4-2/h15-18,23,25H,3-14,19-20H2,1-2H3,(H,26,27). The molecule has 8 heteroatoms. The summed E-state index contributed by atoms with van der Waals surface area (Å²) in [7, 11) is -3.49. The van der Waals surface area contributed by atoms with Crippen molar-refractivity contribution in [2.75, 3.05) is 23.7 Å². The molecule has 1 unspecified atom stereocenters. The van der Waals surface area contributed by atoms with Crippen LogP contribution in [0.5, 0.6) is 5.75 Å². The van der Waals surface area contributed by atoms with Gasteiger partial charge in [-0.1, -0.05) is 64.7 Å². The highest BCUT2D eigenvalue weighted by Crippen LogP contribution is 2.20. The summed E-state index contributed by atoms with van der Waals surface area (Å²) in [6.07, 6.45) is 11.5. The Kier molecular flexibility index (Phi) is 14.8. The van der Waals surface area contributed by atoms with Crippen LogP contribution in [0, 0.1) is 0 Å². The Morgan fingerprint density at radius 3 is 2.03 bits per heavy atom. The van der Waals surface area contributed by atoms with E-state index in [1.165, 1.54) is 44.9 Å². The maximum atomic E-state index is 12.0. The second-order valence-corrected chi connectivity index (χ2v) is 9.90. The SMILES string of the molecule is CCCCCCCCCCCCC(Oc1ccc(NS(=O)(=O)CCOCC)cc1)C(=O)O. The topological polar surface area (TPSA) is 102 Å². The fraction of sp³-hybridized carbons (Fsp3) is 0.708. The van der Waals surface area contributed by atoms with E-state index in [-0.39, 0.29) is 12.4 Å². The van der Waals surface area contributed by atoms with E-state index in [0.717, 1.165) is 19.3 Å². The number of carbonyl (C=O) groups is 1. The van der Waals surface area contributed by atoms with Gasteiger partial charge >= 0.3 is 5.97 Å². The Hall–Kier alpha value is -1.80. The van der Waals surface area contributed by atoms with Crippen LogP contribution >= 0.6 is 0 Å². The second-order valence-electron chi connectivity index (χ2n) is 8.06. The zero-order valence-corrected chi connectivity index (χ0v) is 20.5. The number of carboxylic acid groups (broad SMARTS) is 1. The minimum Gasteiger partial charge on any atom is -0.479 e. The fourth-order valence-electron chi connectivity index (χ4n) is 3.36. The van der Waals surface area contributed by atoms with Gasteiger partial charge in [0, 0.05) is 12.3 Å². The van der Waals surface area contributed by atoms with Crippen LogP contribution in [-0.4, -0.2) is 44.6 Å². The number of ether oxygens (including phenoxy) is 2. The number of sulfonamides is 1. The summed E-state index contributed by atoms with van der Waals surface area (Å²) in [5.74, 6) is -0.706. The van der Waals surface area contributed by atoms with Crippen molar-refractivity contribution in [2.24, 2.45) is 0 Å². The third-order valence-corrected chi connectivity index (χ3v) is 6.45. The molecule has 184 valence electrons. The fourth-order valence-corrected chi connectivity index (χ4v) is 4.29. The third kappa shape index (κ3) is 13.6. The van der Waals surface area contributed by atoms with Crippen LogP contribution in [0.15, 0.2) is 24.3 Å². The van der Waals surface area contributed by atoms with Crippen LogP contribution in [0.2, 0.25) is 0 Å². The Morgan fingerprint density at radius 1 is 0.938 bits per heavy atom. The van der Waals surface area contributed by atoms with Crippen molar-refractivity contribution in [2.45, 2.75) is 90.6 Å². The zero-order valence-electron chi connectivity index (χ0n) is 19.7. The molecule has 0 aromatic heterocycles. The molecule has 0 radical (unpaired) electrons. The Bertz CT molecular complexity index is 721. The van der Waals surface area contributed by atoms with E-state index >= 15 is 0 Å². The lowest BCUT2D eigenvalue weighted by Crippen LogP contribution is -2.27. The van der Waals surface area contributed by atoms with Gasteiger partial charge in [0.1, 0.15) is 5.75 Å². The molecule has 0 amide bonds. The van der Waals surface area contributed by atoms with Gasteiger partial charge in [-0.25, -0.2) is 13.2 Å². The smallest absolute Gasteiger partial charge is 0.344 e. The van der Waals surface area contributed by atoms with Gasteiger partial charge in [0.25, 0.3) is 0 Å². The van der Waals surface area contributed by atoms with Crippen LogP contribution < -0.4 is 9.46 Å². The number of nitrogens with one attached hydrogen (secondary N) is 1. The average molecular weight is 472 g/mol. The van der Waals surface area contributed by atoms with E-state index in [1.54, 1.807) is 31.2 Å². The van der Waals surface area contributed by atoms with Crippen LogP contribution in [0.4, 0.5) is 5.69 Å². The maximum absolute atomic E-state index is 12.0. The van der Waals surface area contributed by atoms with Gasteiger partial charge in [-0.2, -0.15) is 0 Å². The molecule has 7 nitrogen and oxygen atoms in total. The summed E-state index contributed by atoms with van der Waals surface area (Å²) in [6, 6.07) is 6.28. The Labute approximate surface area is 193 Å². The molecule has 0 heterocycles. The highest BCUT2D eigenvalue weighted by molar-refractivity contribution is 7.92. The van der Waals surface area contributed by atoms with E-state index < -0.39 is 22.1 Å². The molecule has 0 saturated heterocycles. The molecule has 1 rings (SSSR count). The molecule has 0 fully saturated rings. The summed E-state index contributed by atoms with van der Waals surface area (Å²) in [4.78, 5) is 11.5. The molecule has 2 N–H and O–H groups in total. The van der Waals surface area contributed by atoms with Crippen molar-refractivity contribution in [3.63, 3.8) is 0 Å². The third-order valence-electron chi connectivity index (χ3n) is 5.20. The lowest BCUT2D eigenvalue weighted by Gasteiger charge is -2.15. The van der Waals surface area contributed by atoms with Gasteiger partial charge in [-0.15, -0.1) is 0 Å². The van der Waals surface area contributed by atoms with Gasteiger partial charge in [0.15, 0.2) is 6.10 Å². The molecule has 32 heavy (non-hydrogen) atoms. The van der Waals surface area contributed by atoms with Crippen molar-refractivity contribution in [3.05, 3.63) is 24.3 Å². The largest absolute Gasteiger partial charge is 0.479 e. The molecule has 0 aliphatic carbocycles. The number of unbranched alkanes of at least 4 members (excludes halogenated alkanes) is 9. The van der Waals surface area contributed by atoms with Crippen LogP contribution in [0.25, 0.3) is 0 Å². The van der Waals surface area contributed by atoms with E-state index in [2.05, 4.69) is 11.6 Å². The first kappa shape index (κ1) is 28.2. The second kappa shape index (κ2) is 16.8. The van der Waals surface area contributed by atoms with E-state index in [1.807, 2.05) is 0 Å². The van der Waals surface area contributed by atoms with Gasteiger partial charge in [0.05, 0.1) is 12.4 Å². The van der Waals surface area contributed by atoms with Crippen LogP contribution in [0.3, 0.4) is 0 Å². The Balaban J connectivity index is 2.34. The molecule has 0 aliphatic rings. The summed E-state index contributed by atoms with van der Waals surface area (Å²) in [5.41, 5.74) is 0.399. The zero-order chi connectivity index (χ0) is 23.7. The number of anilines is 1. The predicted molar refractivity (Wildman–Crippen MR) is 129 cm³/mol. The van der Waals surface area contributed by atoms with Crippen molar-refractivity contribution < 1.29 is 27.8 Å². The molecular weight excluding hydrogens is 430 g/mol. The van der Waals surface area contributed by atoms with Gasteiger partial charge < -0.3 is 14.6 Å². The number of benzene rings is 1. The van der Waals surface area contributed by atoms with E-state index in [0.29, 0.717) is 24.5 Å². The van der Waals surface area contributed by atoms with Crippen molar-refractivity contribution in [1.82, 2.24) is 0 Å². The number of hydrogen-bond donors (Lipinski definition) is 2. The van der Waals surface area contributed by atoms with Crippen molar-refractivity contribution in [3.8, 4) is 5.75 Å². The van der Waals surface area contributed by atoms with E-state index in [9.17, 15) is 18.3 Å². The number of aliphatic carboxylic acids is 1. The minimum absolute atomic E-state index is 0.126. The molecule has 0 bridgehead atoms. The first-order chi connectivity index (χ1) is 15.4. The van der Waals surface area contributed by atoms with Crippen molar-refractivity contribution in [1.29, 1.82) is 0 Å². The maximum Gasteiger partial charge on any atom is 0.344 e. The molecule has 0 spiro atoms. The van der Waals surface area contributed by atoms with E-state index in [4.69, 9.17) is 9.47 Å². The van der Waals surface area contributed by atoms with Crippen molar-refractivity contribution >= 4 is 21.7 Å². The molecule has 0 aliphatic heterocycles. The summed E-state index contributed by atoms with van der Waals surface area (Å²) < 4.78 is 37.2. The highest BCUT2D eigenvalue weighted by Gasteiger charge is 2.19. The monoisotopic (exact) mass is 471 g/mol. The normalized spacial score (nSPS) is 12.4. The van der Waals surface area contributed by atoms with Gasteiger partial charge in [0.2, 0.25) is 10.0 Å². The predicted octanol–water partition coefficient (Wildman–Crippen LogP) is 5.61. The first-order valence-electron chi connectivity index (χ1n) is 12.0. The lowest BCUT2D eigenvalue weighted by atomic mass is 10.0. The lowest BCUT2D eigenvalue weighted by molar-refractivity contribution is -0.145. The molecule has 0 saturated carbocycles. The molecule has 1 atom stereocenters. The molecule has 1 aromatic carbocycles. The number of rotatable bonds is 20.